The summed E-state index contributed by atoms with van der Waals surface area (Å²) in [6, 6.07) is 6.10. The molecule has 2 N–H and O–H groups in total. The molecule has 1 amide bonds. The molecule has 1 aromatic carbocycles. The van der Waals surface area contributed by atoms with E-state index in [1.807, 2.05) is 5.38 Å². The van der Waals surface area contributed by atoms with Gasteiger partial charge in [0, 0.05) is 17.5 Å². The fourth-order valence-electron chi connectivity index (χ4n) is 3.66. The van der Waals surface area contributed by atoms with Crippen molar-refractivity contribution in [1.29, 1.82) is 0 Å². The van der Waals surface area contributed by atoms with Crippen LogP contribution in [0.25, 0.3) is 10.6 Å². The third kappa shape index (κ3) is 5.35. The van der Waals surface area contributed by atoms with Gasteiger partial charge < -0.3 is 10.4 Å². The van der Waals surface area contributed by atoms with E-state index in [1.54, 1.807) is 12.1 Å². The van der Waals surface area contributed by atoms with Crippen molar-refractivity contribution in [1.82, 2.24) is 10.3 Å². The number of rotatable bonds is 7. The van der Waals surface area contributed by atoms with Crippen molar-refractivity contribution in [2.24, 2.45) is 5.41 Å². The van der Waals surface area contributed by atoms with Crippen LogP contribution in [0.5, 0.6) is 0 Å². The van der Waals surface area contributed by atoms with E-state index in [2.05, 4.69) is 10.3 Å². The molecule has 0 atom stereocenters. The van der Waals surface area contributed by atoms with Gasteiger partial charge in [0.25, 0.3) is 0 Å². The molecular weight excluding hydrogens is 367 g/mol. The Bertz CT molecular complexity index is 798. The van der Waals surface area contributed by atoms with Crippen molar-refractivity contribution < 1.29 is 19.1 Å². The van der Waals surface area contributed by atoms with Gasteiger partial charge in [-0.25, -0.2) is 9.37 Å². The summed E-state index contributed by atoms with van der Waals surface area (Å²) in [5.74, 6) is -1.26. The van der Waals surface area contributed by atoms with Gasteiger partial charge in [0.2, 0.25) is 5.91 Å². The van der Waals surface area contributed by atoms with Crippen LogP contribution in [0.3, 0.4) is 0 Å². The van der Waals surface area contributed by atoms with Crippen LogP contribution in [-0.4, -0.2) is 28.5 Å². The predicted molar refractivity (Wildman–Crippen MR) is 102 cm³/mol. The topological polar surface area (TPSA) is 79.3 Å². The molecule has 0 aliphatic heterocycles. The van der Waals surface area contributed by atoms with Crippen LogP contribution in [0.1, 0.15) is 44.2 Å². The first-order chi connectivity index (χ1) is 13.0. The molecule has 1 heterocycles. The Morgan fingerprint density at radius 2 is 1.89 bits per heavy atom. The van der Waals surface area contributed by atoms with Gasteiger partial charge in [0.1, 0.15) is 10.8 Å². The van der Waals surface area contributed by atoms with Gasteiger partial charge >= 0.3 is 5.97 Å². The van der Waals surface area contributed by atoms with Crippen molar-refractivity contribution in [3.63, 3.8) is 0 Å². The summed E-state index contributed by atoms with van der Waals surface area (Å²) >= 11 is 1.41. The Labute approximate surface area is 161 Å². The van der Waals surface area contributed by atoms with Crippen LogP contribution in [0, 0.1) is 11.2 Å². The summed E-state index contributed by atoms with van der Waals surface area (Å²) in [4.78, 5) is 28.0. The number of carboxylic acids is 1. The molecule has 0 saturated heterocycles. The number of benzene rings is 1. The number of aliphatic carboxylic acids is 1. The highest BCUT2D eigenvalue weighted by Crippen LogP contribution is 2.38. The zero-order chi connectivity index (χ0) is 19.3. The van der Waals surface area contributed by atoms with E-state index in [4.69, 9.17) is 0 Å². The van der Waals surface area contributed by atoms with Crippen molar-refractivity contribution in [2.45, 2.75) is 44.9 Å². The molecule has 1 aromatic heterocycles. The summed E-state index contributed by atoms with van der Waals surface area (Å²) < 4.78 is 13.0. The Hall–Kier alpha value is -2.28. The summed E-state index contributed by atoms with van der Waals surface area (Å²) in [6.45, 7) is 0.396. The number of aromatic nitrogens is 1. The van der Waals surface area contributed by atoms with Crippen molar-refractivity contribution in [3.05, 3.63) is 41.2 Å². The van der Waals surface area contributed by atoms with Gasteiger partial charge in [-0.05, 0) is 42.5 Å². The molecule has 1 aliphatic rings. The SMILES string of the molecule is O=C(O)CC1(CNC(=O)Cc2csc(-c3ccc(F)cc3)n2)CCCCC1. The number of carboxylic acid groups (broad SMARTS) is 1. The van der Waals surface area contributed by atoms with Gasteiger partial charge in [-0.3, -0.25) is 9.59 Å². The van der Waals surface area contributed by atoms with E-state index in [0.29, 0.717) is 12.2 Å². The lowest BCUT2D eigenvalue weighted by atomic mass is 9.71. The van der Waals surface area contributed by atoms with Gasteiger partial charge in [0.05, 0.1) is 18.5 Å². The molecule has 27 heavy (non-hydrogen) atoms. The number of carbonyl (C=O) groups is 2. The number of hydrogen-bond acceptors (Lipinski definition) is 4. The Morgan fingerprint density at radius 1 is 1.19 bits per heavy atom. The normalized spacial score (nSPS) is 16.0. The monoisotopic (exact) mass is 390 g/mol. The highest BCUT2D eigenvalue weighted by atomic mass is 32.1. The summed E-state index contributed by atoms with van der Waals surface area (Å²) in [5.41, 5.74) is 1.14. The maximum atomic E-state index is 13.0. The number of thiazole rings is 1. The van der Waals surface area contributed by atoms with Crippen LogP contribution in [0.2, 0.25) is 0 Å². The smallest absolute Gasteiger partial charge is 0.303 e. The van der Waals surface area contributed by atoms with Crippen molar-refractivity contribution in [3.8, 4) is 10.6 Å². The quantitative estimate of drug-likeness (QED) is 0.748. The van der Waals surface area contributed by atoms with Crippen LogP contribution < -0.4 is 5.32 Å². The molecule has 144 valence electrons. The number of carbonyl (C=O) groups excluding carboxylic acids is 1. The van der Waals surface area contributed by atoms with E-state index in [-0.39, 0.29) is 30.0 Å². The summed E-state index contributed by atoms with van der Waals surface area (Å²) in [6.07, 6.45) is 5.07. The predicted octanol–water partition coefficient (Wildman–Crippen LogP) is 4.03. The van der Waals surface area contributed by atoms with Crippen LogP contribution in [0.15, 0.2) is 29.6 Å². The molecule has 1 fully saturated rings. The molecule has 7 heteroatoms. The fraction of sp³-hybridized carbons (Fsp3) is 0.450. The van der Waals surface area contributed by atoms with E-state index in [1.165, 1.54) is 23.5 Å². The van der Waals surface area contributed by atoms with Crippen LogP contribution in [0.4, 0.5) is 4.39 Å². The molecular formula is C20H23FN2O3S. The minimum absolute atomic E-state index is 0.0959. The molecule has 5 nitrogen and oxygen atoms in total. The van der Waals surface area contributed by atoms with Crippen molar-refractivity contribution >= 4 is 23.2 Å². The molecule has 1 saturated carbocycles. The molecule has 2 aromatic rings. The lowest BCUT2D eigenvalue weighted by molar-refractivity contribution is -0.140. The Kier molecular flexibility index (Phi) is 6.21. The van der Waals surface area contributed by atoms with E-state index in [9.17, 15) is 19.1 Å². The fourth-order valence-corrected chi connectivity index (χ4v) is 4.49. The molecule has 0 spiro atoms. The zero-order valence-electron chi connectivity index (χ0n) is 15.0. The lowest BCUT2D eigenvalue weighted by Gasteiger charge is -2.36. The molecule has 0 radical (unpaired) electrons. The van der Waals surface area contributed by atoms with E-state index in [0.717, 1.165) is 42.7 Å². The van der Waals surface area contributed by atoms with Crippen molar-refractivity contribution in [2.75, 3.05) is 6.54 Å². The molecule has 3 rings (SSSR count). The highest BCUT2D eigenvalue weighted by molar-refractivity contribution is 7.13. The number of nitrogens with one attached hydrogen (secondary N) is 1. The van der Waals surface area contributed by atoms with E-state index < -0.39 is 5.97 Å². The van der Waals surface area contributed by atoms with E-state index >= 15 is 0 Å². The maximum absolute atomic E-state index is 13.0. The third-order valence-corrected chi connectivity index (χ3v) is 6.03. The molecule has 0 bridgehead atoms. The maximum Gasteiger partial charge on any atom is 0.303 e. The lowest BCUT2D eigenvalue weighted by Crippen LogP contribution is -2.41. The second-order valence-corrected chi connectivity index (χ2v) is 8.09. The van der Waals surface area contributed by atoms with Gasteiger partial charge in [-0.1, -0.05) is 19.3 Å². The Morgan fingerprint density at radius 3 is 2.56 bits per heavy atom. The average Bonchev–Trinajstić information content (AvgIpc) is 3.09. The standard InChI is InChI=1S/C20H23FN2O3S/c21-15-6-4-14(5-7-15)19-23-16(12-27-19)10-17(24)22-13-20(11-18(25)26)8-2-1-3-9-20/h4-7,12H,1-3,8-11,13H2,(H,22,24)(H,25,26). The second-order valence-electron chi connectivity index (χ2n) is 7.24. The Balaban J connectivity index is 1.57. The average molecular weight is 390 g/mol. The van der Waals surface area contributed by atoms with Crippen LogP contribution >= 0.6 is 11.3 Å². The van der Waals surface area contributed by atoms with Gasteiger partial charge in [-0.15, -0.1) is 11.3 Å². The third-order valence-electron chi connectivity index (χ3n) is 5.09. The summed E-state index contributed by atoms with van der Waals surface area (Å²) in [5, 5.41) is 14.7. The second kappa shape index (κ2) is 8.61. The molecule has 0 unspecified atom stereocenters. The van der Waals surface area contributed by atoms with Crippen LogP contribution in [-0.2, 0) is 16.0 Å². The number of amides is 1. The van der Waals surface area contributed by atoms with Gasteiger partial charge in [0.15, 0.2) is 0 Å². The zero-order valence-corrected chi connectivity index (χ0v) is 15.9. The first-order valence-electron chi connectivity index (χ1n) is 9.15. The summed E-state index contributed by atoms with van der Waals surface area (Å²) in [7, 11) is 0. The minimum Gasteiger partial charge on any atom is -0.481 e. The van der Waals surface area contributed by atoms with Gasteiger partial charge in [-0.2, -0.15) is 0 Å². The largest absolute Gasteiger partial charge is 0.481 e. The molecule has 1 aliphatic carbocycles. The minimum atomic E-state index is -0.811. The first-order valence-corrected chi connectivity index (χ1v) is 10.0. The number of hydrogen-bond donors (Lipinski definition) is 2. The number of halogens is 1. The first kappa shape index (κ1) is 19.5. The highest BCUT2D eigenvalue weighted by Gasteiger charge is 2.34. The number of nitrogens with zero attached hydrogens (tertiary/aromatic N) is 1.